The lowest BCUT2D eigenvalue weighted by molar-refractivity contribution is -0.118. The highest BCUT2D eigenvalue weighted by atomic mass is 32.2. The summed E-state index contributed by atoms with van der Waals surface area (Å²) in [5.41, 5.74) is 8.07. The van der Waals surface area contributed by atoms with E-state index in [4.69, 9.17) is 5.73 Å². The third-order valence-electron chi connectivity index (χ3n) is 4.41. The van der Waals surface area contributed by atoms with Crippen LogP contribution in [0.1, 0.15) is 46.3 Å². The van der Waals surface area contributed by atoms with Crippen molar-refractivity contribution in [2.24, 2.45) is 12.8 Å². The number of nitrogens with zero attached hydrogens (tertiary/aromatic N) is 4. The predicted molar refractivity (Wildman–Crippen MR) is 91.1 cm³/mol. The summed E-state index contributed by atoms with van der Waals surface area (Å²) >= 11 is 1.30. The van der Waals surface area contributed by atoms with Gasteiger partial charge < -0.3 is 10.3 Å². The molecule has 2 heterocycles. The van der Waals surface area contributed by atoms with Crippen molar-refractivity contribution in [2.45, 2.75) is 44.3 Å². The average Bonchev–Trinajstić information content (AvgIpc) is 3.25. The maximum Gasteiger partial charge on any atom is 0.237 e. The van der Waals surface area contributed by atoms with Crippen LogP contribution in [0.25, 0.3) is 0 Å². The summed E-state index contributed by atoms with van der Waals surface area (Å²) in [5, 5.41) is 8.92. The van der Waals surface area contributed by atoms with Gasteiger partial charge in [-0.05, 0) is 32.8 Å². The number of thioether (sulfide) groups is 1. The highest BCUT2D eigenvalue weighted by Gasteiger charge is 2.31. The van der Waals surface area contributed by atoms with E-state index in [0.29, 0.717) is 11.1 Å². The van der Waals surface area contributed by atoms with Crippen LogP contribution in [0.2, 0.25) is 0 Å². The largest absolute Gasteiger partial charge is 0.368 e. The standard InChI is InChI=1S/C16H21N5O2S/c1-9-6-12(10(2)20(9)3)13(22)8-24-16-19-18-15(11-4-5-11)21(16)7-14(17)23/h6,11H,4-5,7-8H2,1-3H3,(H2,17,23). The van der Waals surface area contributed by atoms with Crippen molar-refractivity contribution < 1.29 is 9.59 Å². The summed E-state index contributed by atoms with van der Waals surface area (Å²) in [6.07, 6.45) is 2.12. The van der Waals surface area contributed by atoms with Gasteiger partial charge in [0.1, 0.15) is 12.4 Å². The number of aromatic nitrogens is 4. The van der Waals surface area contributed by atoms with Gasteiger partial charge >= 0.3 is 0 Å². The van der Waals surface area contributed by atoms with E-state index in [-0.39, 0.29) is 18.1 Å². The van der Waals surface area contributed by atoms with Crippen molar-refractivity contribution in [1.82, 2.24) is 19.3 Å². The Morgan fingerprint density at radius 2 is 2.04 bits per heavy atom. The number of nitrogens with two attached hydrogens (primary N) is 1. The van der Waals surface area contributed by atoms with Crippen LogP contribution in [0.15, 0.2) is 11.2 Å². The van der Waals surface area contributed by atoms with Gasteiger partial charge in [-0.2, -0.15) is 0 Å². The predicted octanol–water partition coefficient (Wildman–Crippen LogP) is 1.57. The maximum atomic E-state index is 12.5. The van der Waals surface area contributed by atoms with Crippen LogP contribution in [-0.4, -0.2) is 36.8 Å². The zero-order valence-electron chi connectivity index (χ0n) is 14.1. The number of carbonyl (C=O) groups excluding carboxylic acids is 2. The Balaban J connectivity index is 1.75. The Hall–Kier alpha value is -2.09. The highest BCUT2D eigenvalue weighted by Crippen LogP contribution is 2.40. The van der Waals surface area contributed by atoms with Crippen LogP contribution in [-0.2, 0) is 18.4 Å². The molecule has 0 atom stereocenters. The zero-order valence-corrected chi connectivity index (χ0v) is 14.9. The number of hydrogen-bond donors (Lipinski definition) is 1. The van der Waals surface area contributed by atoms with Crippen LogP contribution in [0.5, 0.6) is 0 Å². The molecule has 1 fully saturated rings. The zero-order chi connectivity index (χ0) is 17.4. The molecule has 3 rings (SSSR count). The second kappa shape index (κ2) is 6.43. The molecule has 0 aromatic carbocycles. The first-order valence-electron chi connectivity index (χ1n) is 7.88. The minimum Gasteiger partial charge on any atom is -0.368 e. The molecule has 1 aliphatic carbocycles. The van der Waals surface area contributed by atoms with Gasteiger partial charge in [-0.1, -0.05) is 11.8 Å². The van der Waals surface area contributed by atoms with E-state index in [2.05, 4.69) is 10.2 Å². The molecule has 2 N–H and O–H groups in total. The highest BCUT2D eigenvalue weighted by molar-refractivity contribution is 7.99. The summed E-state index contributed by atoms with van der Waals surface area (Å²) in [7, 11) is 1.94. The number of Topliss-reactive ketones (excluding diaryl/α,β-unsaturated/α-hetero) is 1. The monoisotopic (exact) mass is 347 g/mol. The first kappa shape index (κ1) is 16.8. The van der Waals surface area contributed by atoms with Gasteiger partial charge in [-0.25, -0.2) is 0 Å². The van der Waals surface area contributed by atoms with Gasteiger partial charge in [0.15, 0.2) is 10.9 Å². The van der Waals surface area contributed by atoms with Crippen molar-refractivity contribution in [3.63, 3.8) is 0 Å². The number of amides is 1. The number of hydrogen-bond acceptors (Lipinski definition) is 5. The Morgan fingerprint density at radius 1 is 1.33 bits per heavy atom. The van der Waals surface area contributed by atoms with E-state index < -0.39 is 5.91 Å². The summed E-state index contributed by atoms with van der Waals surface area (Å²) < 4.78 is 3.75. The Bertz CT molecular complexity index is 804. The molecule has 2 aromatic heterocycles. The topological polar surface area (TPSA) is 95.8 Å². The summed E-state index contributed by atoms with van der Waals surface area (Å²) in [5.74, 6) is 1.03. The molecule has 1 aliphatic rings. The van der Waals surface area contributed by atoms with E-state index in [1.54, 1.807) is 4.57 Å². The number of primary amides is 1. The van der Waals surface area contributed by atoms with Crippen molar-refractivity contribution in [3.05, 3.63) is 28.8 Å². The van der Waals surface area contributed by atoms with Crippen LogP contribution >= 0.6 is 11.8 Å². The smallest absolute Gasteiger partial charge is 0.237 e. The van der Waals surface area contributed by atoms with Gasteiger partial charge in [-0.15, -0.1) is 10.2 Å². The van der Waals surface area contributed by atoms with E-state index in [1.807, 2.05) is 31.5 Å². The van der Waals surface area contributed by atoms with Gasteiger partial charge in [-0.3, -0.25) is 14.2 Å². The lowest BCUT2D eigenvalue weighted by atomic mass is 10.2. The fourth-order valence-corrected chi connectivity index (χ4v) is 3.53. The van der Waals surface area contributed by atoms with Gasteiger partial charge in [0.2, 0.25) is 5.91 Å². The number of aryl methyl sites for hydroxylation is 1. The van der Waals surface area contributed by atoms with Gasteiger partial charge in [0.25, 0.3) is 0 Å². The molecular weight excluding hydrogens is 326 g/mol. The summed E-state index contributed by atoms with van der Waals surface area (Å²) in [6, 6.07) is 1.90. The van der Waals surface area contributed by atoms with E-state index in [0.717, 1.165) is 35.6 Å². The van der Waals surface area contributed by atoms with Crippen molar-refractivity contribution in [3.8, 4) is 0 Å². The molecule has 8 heteroatoms. The van der Waals surface area contributed by atoms with Gasteiger partial charge in [0.05, 0.1) is 5.75 Å². The maximum absolute atomic E-state index is 12.5. The Morgan fingerprint density at radius 3 is 2.58 bits per heavy atom. The van der Waals surface area contributed by atoms with E-state index in [1.165, 1.54) is 11.8 Å². The molecular formula is C16H21N5O2S. The molecule has 0 aliphatic heterocycles. The molecule has 24 heavy (non-hydrogen) atoms. The molecule has 7 nitrogen and oxygen atoms in total. The second-order valence-electron chi connectivity index (χ2n) is 6.22. The fraction of sp³-hybridized carbons (Fsp3) is 0.500. The third-order valence-corrected chi connectivity index (χ3v) is 5.38. The summed E-state index contributed by atoms with van der Waals surface area (Å²) in [4.78, 5) is 23.8. The molecule has 1 amide bonds. The normalized spacial score (nSPS) is 14.1. The Labute approximate surface area is 144 Å². The molecule has 1 saturated carbocycles. The van der Waals surface area contributed by atoms with E-state index >= 15 is 0 Å². The first-order chi connectivity index (χ1) is 11.4. The number of carbonyl (C=O) groups is 2. The third kappa shape index (κ3) is 3.24. The molecule has 0 bridgehead atoms. The lowest BCUT2D eigenvalue weighted by Crippen LogP contribution is -2.21. The van der Waals surface area contributed by atoms with Gasteiger partial charge in [0, 0.05) is 29.9 Å². The molecule has 0 unspecified atom stereocenters. The molecule has 128 valence electrons. The molecule has 0 radical (unpaired) electrons. The van der Waals surface area contributed by atoms with Crippen LogP contribution in [0, 0.1) is 13.8 Å². The average molecular weight is 347 g/mol. The van der Waals surface area contributed by atoms with Crippen molar-refractivity contribution in [2.75, 3.05) is 5.75 Å². The van der Waals surface area contributed by atoms with Crippen LogP contribution in [0.3, 0.4) is 0 Å². The SMILES string of the molecule is Cc1cc(C(=O)CSc2nnc(C3CC3)n2CC(N)=O)c(C)n1C. The number of ketones is 1. The minimum atomic E-state index is -0.431. The van der Waals surface area contributed by atoms with Crippen molar-refractivity contribution >= 4 is 23.5 Å². The molecule has 0 spiro atoms. The fourth-order valence-electron chi connectivity index (χ4n) is 2.70. The van der Waals surface area contributed by atoms with Crippen LogP contribution in [0.4, 0.5) is 0 Å². The number of rotatable bonds is 7. The van der Waals surface area contributed by atoms with E-state index in [9.17, 15) is 9.59 Å². The second-order valence-corrected chi connectivity index (χ2v) is 7.17. The Kier molecular flexibility index (Phi) is 4.49. The quantitative estimate of drug-likeness (QED) is 0.606. The first-order valence-corrected chi connectivity index (χ1v) is 8.87. The molecule has 2 aromatic rings. The molecule has 0 saturated heterocycles. The van der Waals surface area contributed by atoms with Crippen molar-refractivity contribution in [1.29, 1.82) is 0 Å². The lowest BCUT2D eigenvalue weighted by Gasteiger charge is -2.07. The van der Waals surface area contributed by atoms with Crippen LogP contribution < -0.4 is 5.73 Å². The summed E-state index contributed by atoms with van der Waals surface area (Å²) in [6.45, 7) is 3.97. The minimum absolute atomic E-state index is 0.0443.